The monoisotopic (exact) mass is 316 g/mol. The van der Waals surface area contributed by atoms with Gasteiger partial charge >= 0.3 is 0 Å². The van der Waals surface area contributed by atoms with Gasteiger partial charge in [0.25, 0.3) is 5.91 Å². The van der Waals surface area contributed by atoms with Gasteiger partial charge in [-0.25, -0.2) is 0 Å². The van der Waals surface area contributed by atoms with Crippen LogP contribution in [0.1, 0.15) is 47.1 Å². The maximum absolute atomic E-state index is 12.6. The highest BCUT2D eigenvalue weighted by atomic mass is 16.5. The van der Waals surface area contributed by atoms with Crippen LogP contribution in [0.2, 0.25) is 0 Å². The molecule has 0 aliphatic carbocycles. The van der Waals surface area contributed by atoms with Gasteiger partial charge < -0.3 is 14.2 Å². The Kier molecular flexibility index (Phi) is 5.79. The average molecular weight is 316 g/mol. The molecule has 0 fully saturated rings. The number of hydrogen-bond donors (Lipinski definition) is 0. The third-order valence-corrected chi connectivity index (χ3v) is 3.86. The second-order valence-corrected chi connectivity index (χ2v) is 5.67. The number of ether oxygens (including phenoxy) is 1. The van der Waals surface area contributed by atoms with Gasteiger partial charge in [0.2, 0.25) is 0 Å². The van der Waals surface area contributed by atoms with Crippen LogP contribution in [0.5, 0.6) is 5.75 Å². The molecule has 0 unspecified atom stereocenters. The smallest absolute Gasteiger partial charge is 0.257 e. The Morgan fingerprint density at radius 3 is 2.70 bits per heavy atom. The summed E-state index contributed by atoms with van der Waals surface area (Å²) in [6.45, 7) is 6.93. The summed E-state index contributed by atoms with van der Waals surface area (Å²) in [6.07, 6.45) is 2.05. The molecule has 0 aliphatic rings. The first-order chi connectivity index (χ1) is 11.0. The van der Waals surface area contributed by atoms with Crippen molar-refractivity contribution in [3.63, 3.8) is 0 Å². The Morgan fingerprint density at radius 1 is 1.30 bits per heavy atom. The van der Waals surface area contributed by atoms with E-state index >= 15 is 0 Å². The lowest BCUT2D eigenvalue weighted by molar-refractivity contribution is 0.0788. The number of hydrogen-bond acceptors (Lipinski definition) is 4. The van der Waals surface area contributed by atoms with Crippen molar-refractivity contribution < 1.29 is 14.1 Å². The minimum absolute atomic E-state index is 0.0205. The predicted molar refractivity (Wildman–Crippen MR) is 88.6 cm³/mol. The number of aromatic nitrogens is 1. The topological polar surface area (TPSA) is 55.6 Å². The molecule has 5 nitrogen and oxygen atoms in total. The highest BCUT2D eigenvalue weighted by Gasteiger charge is 2.17. The summed E-state index contributed by atoms with van der Waals surface area (Å²) in [4.78, 5) is 14.3. The summed E-state index contributed by atoms with van der Waals surface area (Å²) in [6, 6.07) is 7.33. The van der Waals surface area contributed by atoms with Gasteiger partial charge in [-0.05, 0) is 32.4 Å². The van der Waals surface area contributed by atoms with Crippen molar-refractivity contribution >= 4 is 5.91 Å². The van der Waals surface area contributed by atoms with E-state index < -0.39 is 0 Å². The number of amides is 1. The summed E-state index contributed by atoms with van der Waals surface area (Å²) < 4.78 is 11.0. The maximum atomic E-state index is 12.6. The van der Waals surface area contributed by atoms with Crippen LogP contribution in [-0.2, 0) is 6.61 Å². The zero-order valence-corrected chi connectivity index (χ0v) is 14.3. The lowest BCUT2D eigenvalue weighted by atomic mass is 10.1. The van der Waals surface area contributed by atoms with Crippen LogP contribution >= 0.6 is 0 Å². The highest BCUT2D eigenvalue weighted by molar-refractivity contribution is 5.96. The molecule has 5 heteroatoms. The first-order valence-electron chi connectivity index (χ1n) is 7.93. The predicted octanol–water partition coefficient (Wildman–Crippen LogP) is 3.74. The fourth-order valence-electron chi connectivity index (χ4n) is 2.33. The molecule has 23 heavy (non-hydrogen) atoms. The van der Waals surface area contributed by atoms with E-state index in [9.17, 15) is 4.79 Å². The van der Waals surface area contributed by atoms with E-state index in [2.05, 4.69) is 12.1 Å². The summed E-state index contributed by atoms with van der Waals surface area (Å²) in [5, 5.41) is 3.92. The van der Waals surface area contributed by atoms with Crippen LogP contribution in [0.4, 0.5) is 0 Å². The van der Waals surface area contributed by atoms with E-state index in [0.29, 0.717) is 17.9 Å². The van der Waals surface area contributed by atoms with Gasteiger partial charge in [-0.15, -0.1) is 0 Å². The number of rotatable bonds is 7. The zero-order chi connectivity index (χ0) is 16.8. The second kappa shape index (κ2) is 7.81. The van der Waals surface area contributed by atoms with E-state index in [1.54, 1.807) is 11.0 Å². The third-order valence-electron chi connectivity index (χ3n) is 3.86. The molecule has 0 aliphatic heterocycles. The quantitative estimate of drug-likeness (QED) is 0.781. The van der Waals surface area contributed by atoms with E-state index in [-0.39, 0.29) is 5.91 Å². The van der Waals surface area contributed by atoms with Crippen LogP contribution in [0.25, 0.3) is 0 Å². The van der Waals surface area contributed by atoms with Crippen LogP contribution in [0.15, 0.2) is 28.8 Å². The van der Waals surface area contributed by atoms with Gasteiger partial charge in [0, 0.05) is 13.6 Å². The van der Waals surface area contributed by atoms with E-state index in [4.69, 9.17) is 9.26 Å². The molecule has 2 rings (SSSR count). The molecule has 2 aromatic rings. The van der Waals surface area contributed by atoms with Crippen molar-refractivity contribution in [2.75, 3.05) is 13.6 Å². The number of benzene rings is 1. The van der Waals surface area contributed by atoms with Crippen LogP contribution in [0, 0.1) is 13.8 Å². The maximum Gasteiger partial charge on any atom is 0.257 e. The van der Waals surface area contributed by atoms with Gasteiger partial charge in [-0.2, -0.15) is 0 Å². The summed E-state index contributed by atoms with van der Waals surface area (Å²) in [5.74, 6) is 1.31. The van der Waals surface area contributed by atoms with Crippen LogP contribution in [0.3, 0.4) is 0 Å². The van der Waals surface area contributed by atoms with Crippen molar-refractivity contribution in [2.24, 2.45) is 0 Å². The second-order valence-electron chi connectivity index (χ2n) is 5.67. The Hall–Kier alpha value is -2.30. The Morgan fingerprint density at radius 2 is 2.04 bits per heavy atom. The lowest BCUT2D eigenvalue weighted by Crippen LogP contribution is -2.28. The number of aryl methyl sites for hydroxylation is 2. The number of unbranched alkanes of at least 4 members (excludes halogenated alkanes) is 1. The minimum Gasteiger partial charge on any atom is -0.488 e. The van der Waals surface area contributed by atoms with Crippen molar-refractivity contribution in [2.45, 2.75) is 40.2 Å². The molecule has 0 radical (unpaired) electrons. The van der Waals surface area contributed by atoms with Crippen molar-refractivity contribution in [3.05, 3.63) is 46.8 Å². The van der Waals surface area contributed by atoms with E-state index in [0.717, 1.165) is 36.4 Å². The summed E-state index contributed by atoms with van der Waals surface area (Å²) in [7, 11) is 1.82. The molecule has 0 saturated carbocycles. The molecule has 0 saturated heterocycles. The van der Waals surface area contributed by atoms with Gasteiger partial charge in [0.05, 0.1) is 16.8 Å². The molecular formula is C18H24N2O3. The minimum atomic E-state index is -0.0205. The van der Waals surface area contributed by atoms with Crippen LogP contribution in [-0.4, -0.2) is 29.6 Å². The molecule has 0 atom stereocenters. The number of para-hydroxylation sites is 1. The zero-order valence-electron chi connectivity index (χ0n) is 14.3. The van der Waals surface area contributed by atoms with Gasteiger partial charge in [0.1, 0.15) is 18.1 Å². The molecule has 0 spiro atoms. The molecule has 1 amide bonds. The fraction of sp³-hybridized carbons (Fsp3) is 0.444. The summed E-state index contributed by atoms with van der Waals surface area (Å²) >= 11 is 0. The average Bonchev–Trinajstić information content (AvgIpc) is 2.88. The van der Waals surface area contributed by atoms with Gasteiger partial charge in [0.15, 0.2) is 0 Å². The Labute approximate surface area is 137 Å². The largest absolute Gasteiger partial charge is 0.488 e. The van der Waals surface area contributed by atoms with Crippen molar-refractivity contribution in [1.82, 2.24) is 10.1 Å². The van der Waals surface area contributed by atoms with Crippen molar-refractivity contribution in [3.8, 4) is 5.75 Å². The van der Waals surface area contributed by atoms with Gasteiger partial charge in [-0.3, -0.25) is 4.79 Å². The molecule has 1 aromatic heterocycles. The molecule has 124 valence electrons. The number of carbonyl (C=O) groups is 1. The lowest BCUT2D eigenvalue weighted by Gasteiger charge is -2.18. The summed E-state index contributed by atoms with van der Waals surface area (Å²) in [5.41, 5.74) is 2.32. The standard InChI is InChI=1S/C18H24N2O3/c1-5-6-11-20(4)18(21)15-9-7-8-10-17(15)22-12-16-13(2)19-23-14(16)3/h7-10H,5-6,11-12H2,1-4H3. The number of carbonyl (C=O) groups excluding carboxylic acids is 1. The molecule has 0 bridgehead atoms. The first kappa shape index (κ1) is 17.1. The molecule has 0 N–H and O–H groups in total. The Bertz CT molecular complexity index is 645. The first-order valence-corrected chi connectivity index (χ1v) is 7.93. The molecule has 1 heterocycles. The van der Waals surface area contributed by atoms with Gasteiger partial charge in [-0.1, -0.05) is 30.6 Å². The fourth-order valence-corrected chi connectivity index (χ4v) is 2.33. The normalized spacial score (nSPS) is 10.6. The molecule has 1 aromatic carbocycles. The van der Waals surface area contributed by atoms with Crippen LogP contribution < -0.4 is 4.74 Å². The SMILES string of the molecule is CCCCN(C)C(=O)c1ccccc1OCc1c(C)noc1C. The van der Waals surface area contributed by atoms with E-state index in [1.807, 2.05) is 39.1 Å². The highest BCUT2D eigenvalue weighted by Crippen LogP contribution is 2.22. The number of nitrogens with zero attached hydrogens (tertiary/aromatic N) is 2. The van der Waals surface area contributed by atoms with E-state index in [1.165, 1.54) is 0 Å². The molecular weight excluding hydrogens is 292 g/mol. The Balaban J connectivity index is 2.13. The third kappa shape index (κ3) is 4.12. The van der Waals surface area contributed by atoms with Crippen molar-refractivity contribution in [1.29, 1.82) is 0 Å².